The van der Waals surface area contributed by atoms with E-state index in [0.717, 1.165) is 23.5 Å². The van der Waals surface area contributed by atoms with Crippen molar-refractivity contribution in [1.82, 2.24) is 0 Å². The van der Waals surface area contributed by atoms with Crippen molar-refractivity contribution >= 4 is 17.7 Å². The molecule has 6 nitrogen and oxygen atoms in total. The van der Waals surface area contributed by atoms with Gasteiger partial charge in [-0.25, -0.2) is 4.79 Å². The number of likely N-dealkylation sites (N-methyl/N-ethyl adjacent to an activating group) is 1. The van der Waals surface area contributed by atoms with Crippen LogP contribution in [0.2, 0.25) is 0 Å². The number of hydrogen-bond acceptors (Lipinski definition) is 5. The molecule has 0 bridgehead atoms. The van der Waals surface area contributed by atoms with Gasteiger partial charge in [0.15, 0.2) is 0 Å². The molecule has 27 heavy (non-hydrogen) atoms. The minimum absolute atomic E-state index is 0.0685. The van der Waals surface area contributed by atoms with Gasteiger partial charge in [0.1, 0.15) is 24.2 Å². The van der Waals surface area contributed by atoms with Gasteiger partial charge in [-0.2, -0.15) is 0 Å². The van der Waals surface area contributed by atoms with Crippen LogP contribution in [-0.4, -0.2) is 44.0 Å². The van der Waals surface area contributed by atoms with Crippen LogP contribution in [-0.2, 0) is 9.53 Å². The maximum absolute atomic E-state index is 11.1. The molecule has 1 N–H and O–H groups in total. The van der Waals surface area contributed by atoms with Crippen molar-refractivity contribution in [1.29, 1.82) is 0 Å². The SMILES string of the molecule is CCO/C(=C/c1ccc(OCC2CN(C)c3ccccc3O2)cc1)C(=O)O. The normalized spacial score (nSPS) is 16.3. The largest absolute Gasteiger partial charge is 0.490 e. The van der Waals surface area contributed by atoms with E-state index >= 15 is 0 Å². The maximum Gasteiger partial charge on any atom is 0.371 e. The predicted molar refractivity (Wildman–Crippen MR) is 103 cm³/mol. The molecule has 1 atom stereocenters. The lowest BCUT2D eigenvalue weighted by Crippen LogP contribution is -2.41. The highest BCUT2D eigenvalue weighted by Gasteiger charge is 2.23. The molecule has 142 valence electrons. The van der Waals surface area contributed by atoms with E-state index in [4.69, 9.17) is 19.3 Å². The Balaban J connectivity index is 1.59. The molecular weight excluding hydrogens is 346 g/mol. The Kier molecular flexibility index (Phi) is 5.86. The molecule has 0 fully saturated rings. The van der Waals surface area contributed by atoms with Crippen molar-refractivity contribution in [2.45, 2.75) is 13.0 Å². The second kappa shape index (κ2) is 8.49. The third-order valence-corrected chi connectivity index (χ3v) is 4.17. The number of nitrogens with zero attached hydrogens (tertiary/aromatic N) is 1. The highest BCUT2D eigenvalue weighted by molar-refractivity contribution is 5.89. The fraction of sp³-hybridized carbons (Fsp3) is 0.286. The Morgan fingerprint density at radius 3 is 2.70 bits per heavy atom. The summed E-state index contributed by atoms with van der Waals surface area (Å²) in [4.78, 5) is 13.3. The summed E-state index contributed by atoms with van der Waals surface area (Å²) in [6.45, 7) is 3.22. The highest BCUT2D eigenvalue weighted by Crippen LogP contribution is 2.32. The molecule has 0 radical (unpaired) electrons. The predicted octanol–water partition coefficient (Wildman–Crippen LogP) is 3.42. The molecule has 3 rings (SSSR count). The van der Waals surface area contributed by atoms with Crippen LogP contribution in [0.5, 0.6) is 11.5 Å². The smallest absolute Gasteiger partial charge is 0.371 e. The number of hydrogen-bond donors (Lipinski definition) is 1. The molecule has 0 aliphatic carbocycles. The molecule has 0 spiro atoms. The number of fused-ring (bicyclic) bond motifs is 1. The van der Waals surface area contributed by atoms with Gasteiger partial charge < -0.3 is 24.2 Å². The van der Waals surface area contributed by atoms with Crippen LogP contribution in [0.4, 0.5) is 5.69 Å². The lowest BCUT2D eigenvalue weighted by atomic mass is 10.2. The number of rotatable bonds is 7. The summed E-state index contributed by atoms with van der Waals surface area (Å²) >= 11 is 0. The van der Waals surface area contributed by atoms with E-state index in [-0.39, 0.29) is 11.9 Å². The van der Waals surface area contributed by atoms with Gasteiger partial charge >= 0.3 is 5.97 Å². The molecule has 0 saturated heterocycles. The molecule has 1 aliphatic heterocycles. The molecule has 1 aliphatic rings. The van der Waals surface area contributed by atoms with Crippen molar-refractivity contribution in [3.8, 4) is 11.5 Å². The number of carbonyl (C=O) groups is 1. The van der Waals surface area contributed by atoms with Gasteiger partial charge in [0.25, 0.3) is 0 Å². The summed E-state index contributed by atoms with van der Waals surface area (Å²) in [6.07, 6.45) is 1.42. The minimum Gasteiger partial charge on any atom is -0.490 e. The standard InChI is InChI=1S/C21H23NO5/c1-3-25-20(21(23)24)12-15-8-10-16(11-9-15)26-14-17-13-22(2)18-6-4-5-7-19(18)27-17/h4-12,17H,3,13-14H2,1-2H3,(H,23,24)/b20-12+. The van der Waals surface area contributed by atoms with E-state index in [9.17, 15) is 4.79 Å². The Labute approximate surface area is 158 Å². The van der Waals surface area contributed by atoms with Crippen molar-refractivity contribution in [2.75, 3.05) is 31.7 Å². The first kappa shape index (κ1) is 18.6. The van der Waals surface area contributed by atoms with Crippen molar-refractivity contribution in [2.24, 2.45) is 0 Å². The van der Waals surface area contributed by atoms with Crippen LogP contribution in [0, 0.1) is 0 Å². The second-order valence-corrected chi connectivity index (χ2v) is 6.21. The lowest BCUT2D eigenvalue weighted by Gasteiger charge is -2.33. The summed E-state index contributed by atoms with van der Waals surface area (Å²) in [5.41, 5.74) is 1.81. The number of para-hydroxylation sites is 2. The molecule has 2 aromatic carbocycles. The van der Waals surface area contributed by atoms with E-state index in [2.05, 4.69) is 4.90 Å². The topological polar surface area (TPSA) is 68.2 Å². The van der Waals surface area contributed by atoms with Gasteiger partial charge in [-0.05, 0) is 42.8 Å². The van der Waals surface area contributed by atoms with Gasteiger partial charge in [-0.3, -0.25) is 0 Å². The van der Waals surface area contributed by atoms with E-state index < -0.39 is 5.97 Å². The summed E-state index contributed by atoms with van der Waals surface area (Å²) in [5, 5.41) is 9.10. The quantitative estimate of drug-likeness (QED) is 0.596. The summed E-state index contributed by atoms with van der Waals surface area (Å²) in [5.74, 6) is 0.391. The molecule has 0 amide bonds. The van der Waals surface area contributed by atoms with Crippen LogP contribution in [0.25, 0.3) is 6.08 Å². The van der Waals surface area contributed by atoms with Gasteiger partial charge in [-0.15, -0.1) is 0 Å². The van der Waals surface area contributed by atoms with Crippen molar-refractivity contribution in [3.05, 3.63) is 59.9 Å². The average Bonchev–Trinajstić information content (AvgIpc) is 2.67. The fourth-order valence-electron chi connectivity index (χ4n) is 2.90. The van der Waals surface area contributed by atoms with Gasteiger partial charge in [0.05, 0.1) is 18.8 Å². The second-order valence-electron chi connectivity index (χ2n) is 6.21. The number of carboxylic acid groups (broad SMARTS) is 1. The number of ether oxygens (including phenoxy) is 3. The van der Waals surface area contributed by atoms with Crippen molar-refractivity contribution in [3.63, 3.8) is 0 Å². The van der Waals surface area contributed by atoms with Crippen LogP contribution >= 0.6 is 0 Å². The number of aliphatic carboxylic acids is 1. The number of anilines is 1. The van der Waals surface area contributed by atoms with Crippen LogP contribution in [0.15, 0.2) is 54.3 Å². The fourth-order valence-corrected chi connectivity index (χ4v) is 2.90. The zero-order valence-corrected chi connectivity index (χ0v) is 15.4. The third kappa shape index (κ3) is 4.73. The third-order valence-electron chi connectivity index (χ3n) is 4.17. The number of carboxylic acids is 1. The zero-order valence-electron chi connectivity index (χ0n) is 15.4. The summed E-state index contributed by atoms with van der Waals surface area (Å²) in [6, 6.07) is 15.1. The van der Waals surface area contributed by atoms with E-state index in [0.29, 0.717) is 19.0 Å². The molecule has 0 aromatic heterocycles. The van der Waals surface area contributed by atoms with E-state index in [1.807, 2.05) is 31.3 Å². The first-order valence-electron chi connectivity index (χ1n) is 8.84. The van der Waals surface area contributed by atoms with Crippen LogP contribution in [0.3, 0.4) is 0 Å². The van der Waals surface area contributed by atoms with E-state index in [1.54, 1.807) is 31.2 Å². The van der Waals surface area contributed by atoms with Crippen LogP contribution in [0.1, 0.15) is 12.5 Å². The first-order chi connectivity index (χ1) is 13.1. The molecular formula is C21H23NO5. The summed E-state index contributed by atoms with van der Waals surface area (Å²) in [7, 11) is 2.04. The Morgan fingerprint density at radius 2 is 2.00 bits per heavy atom. The van der Waals surface area contributed by atoms with E-state index in [1.165, 1.54) is 6.08 Å². The Hall–Kier alpha value is -3.15. The molecule has 1 heterocycles. The summed E-state index contributed by atoms with van der Waals surface area (Å²) < 4.78 is 17.0. The minimum atomic E-state index is -1.09. The Bertz CT molecular complexity index is 816. The molecule has 2 aromatic rings. The van der Waals surface area contributed by atoms with Gasteiger partial charge in [0.2, 0.25) is 5.76 Å². The van der Waals surface area contributed by atoms with Gasteiger partial charge in [-0.1, -0.05) is 24.3 Å². The number of benzene rings is 2. The average molecular weight is 369 g/mol. The first-order valence-corrected chi connectivity index (χ1v) is 8.84. The highest BCUT2D eigenvalue weighted by atomic mass is 16.5. The van der Waals surface area contributed by atoms with Crippen molar-refractivity contribution < 1.29 is 24.1 Å². The van der Waals surface area contributed by atoms with Crippen LogP contribution < -0.4 is 14.4 Å². The maximum atomic E-state index is 11.1. The van der Waals surface area contributed by atoms with Gasteiger partial charge in [0, 0.05) is 7.05 Å². The molecule has 6 heteroatoms. The molecule has 0 saturated carbocycles. The molecule has 1 unspecified atom stereocenters. The lowest BCUT2D eigenvalue weighted by molar-refractivity contribution is -0.136. The Morgan fingerprint density at radius 1 is 1.26 bits per heavy atom. The monoisotopic (exact) mass is 369 g/mol. The zero-order chi connectivity index (χ0) is 19.2.